The molecule has 0 spiro atoms. The van der Waals surface area contributed by atoms with Gasteiger partial charge in [0.2, 0.25) is 0 Å². The van der Waals surface area contributed by atoms with Gasteiger partial charge in [-0.3, -0.25) is 4.98 Å². The number of aromatic nitrogens is 1. The van der Waals surface area contributed by atoms with Crippen LogP contribution in [0.5, 0.6) is 0 Å². The van der Waals surface area contributed by atoms with E-state index >= 15 is 0 Å². The van der Waals surface area contributed by atoms with Crippen molar-refractivity contribution in [1.82, 2.24) is 10.3 Å². The van der Waals surface area contributed by atoms with Crippen LogP contribution in [0.15, 0.2) is 35.3 Å². The fourth-order valence-electron chi connectivity index (χ4n) is 1.84. The van der Waals surface area contributed by atoms with Crippen LogP contribution in [0.2, 0.25) is 0 Å². The fourth-order valence-corrected chi connectivity index (χ4v) is 2.55. The van der Waals surface area contributed by atoms with E-state index in [-0.39, 0.29) is 11.9 Å². The molecule has 0 amide bonds. The lowest BCUT2D eigenvalue weighted by Gasteiger charge is -2.15. The number of pyridine rings is 1. The normalized spacial score (nSPS) is 12.6. The molecular formula is C13H15FN2S. The molecule has 1 N–H and O–H groups in total. The molecule has 2 nitrogen and oxygen atoms in total. The van der Waals surface area contributed by atoms with E-state index < -0.39 is 0 Å². The second-order valence-corrected chi connectivity index (χ2v) is 4.73. The molecule has 4 heteroatoms. The number of hydrogen-bond acceptors (Lipinski definition) is 3. The van der Waals surface area contributed by atoms with E-state index in [1.807, 2.05) is 7.05 Å². The SMILES string of the molecule is CNC(CCc1ccsc1)c1cncc(F)c1. The summed E-state index contributed by atoms with van der Waals surface area (Å²) in [5.41, 5.74) is 2.24. The third kappa shape index (κ3) is 3.35. The molecule has 2 aromatic rings. The van der Waals surface area contributed by atoms with Crippen molar-refractivity contribution in [2.75, 3.05) is 7.05 Å². The van der Waals surface area contributed by atoms with Gasteiger partial charge >= 0.3 is 0 Å². The summed E-state index contributed by atoms with van der Waals surface area (Å²) in [6.07, 6.45) is 4.89. The number of nitrogens with one attached hydrogen (secondary N) is 1. The zero-order chi connectivity index (χ0) is 12.1. The molecule has 0 radical (unpaired) electrons. The van der Waals surface area contributed by atoms with Crippen LogP contribution in [0.3, 0.4) is 0 Å². The lowest BCUT2D eigenvalue weighted by atomic mass is 10.0. The molecule has 0 aliphatic heterocycles. The van der Waals surface area contributed by atoms with Gasteiger partial charge in [-0.25, -0.2) is 4.39 Å². The van der Waals surface area contributed by atoms with Crippen LogP contribution in [0.4, 0.5) is 4.39 Å². The summed E-state index contributed by atoms with van der Waals surface area (Å²) in [6.45, 7) is 0. The number of hydrogen-bond donors (Lipinski definition) is 1. The lowest BCUT2D eigenvalue weighted by Crippen LogP contribution is -2.17. The second kappa shape index (κ2) is 5.89. The van der Waals surface area contributed by atoms with Crippen LogP contribution < -0.4 is 5.32 Å². The summed E-state index contributed by atoms with van der Waals surface area (Å²) in [5, 5.41) is 7.43. The van der Waals surface area contributed by atoms with Gasteiger partial charge in [-0.1, -0.05) is 0 Å². The highest BCUT2D eigenvalue weighted by Crippen LogP contribution is 2.19. The van der Waals surface area contributed by atoms with Gasteiger partial charge in [0, 0.05) is 12.2 Å². The smallest absolute Gasteiger partial charge is 0.141 e. The molecule has 2 aromatic heterocycles. The maximum atomic E-state index is 13.1. The summed E-state index contributed by atoms with van der Waals surface area (Å²) in [7, 11) is 1.89. The minimum Gasteiger partial charge on any atom is -0.313 e. The van der Waals surface area contributed by atoms with E-state index in [1.165, 1.54) is 11.8 Å². The fraction of sp³-hybridized carbons (Fsp3) is 0.308. The Morgan fingerprint density at radius 3 is 3.00 bits per heavy atom. The van der Waals surface area contributed by atoms with Crippen molar-refractivity contribution in [2.24, 2.45) is 0 Å². The highest BCUT2D eigenvalue weighted by atomic mass is 32.1. The minimum absolute atomic E-state index is 0.151. The van der Waals surface area contributed by atoms with Crippen molar-refractivity contribution in [3.63, 3.8) is 0 Å². The Morgan fingerprint density at radius 1 is 1.47 bits per heavy atom. The van der Waals surface area contributed by atoms with E-state index in [0.29, 0.717) is 0 Å². The molecule has 2 rings (SSSR count). The van der Waals surface area contributed by atoms with Crippen molar-refractivity contribution in [3.05, 3.63) is 52.2 Å². The monoisotopic (exact) mass is 250 g/mol. The zero-order valence-electron chi connectivity index (χ0n) is 9.69. The van der Waals surface area contributed by atoms with E-state index in [0.717, 1.165) is 18.4 Å². The van der Waals surface area contributed by atoms with Crippen LogP contribution in [0.25, 0.3) is 0 Å². The van der Waals surface area contributed by atoms with Gasteiger partial charge in [-0.05, 0) is 53.9 Å². The Labute approximate surface area is 105 Å². The van der Waals surface area contributed by atoms with Crippen LogP contribution >= 0.6 is 11.3 Å². The number of halogens is 1. The van der Waals surface area contributed by atoms with Gasteiger partial charge < -0.3 is 5.32 Å². The average Bonchev–Trinajstić information content (AvgIpc) is 2.83. The molecule has 0 aliphatic rings. The first-order valence-corrected chi connectivity index (χ1v) is 6.52. The summed E-state index contributed by atoms with van der Waals surface area (Å²) in [6, 6.07) is 3.82. The summed E-state index contributed by atoms with van der Waals surface area (Å²) in [5.74, 6) is -0.279. The van der Waals surface area contributed by atoms with Gasteiger partial charge in [0.15, 0.2) is 0 Å². The van der Waals surface area contributed by atoms with Crippen molar-refractivity contribution in [3.8, 4) is 0 Å². The Balaban J connectivity index is 2.01. The van der Waals surface area contributed by atoms with Gasteiger partial charge in [0.05, 0.1) is 6.20 Å². The lowest BCUT2D eigenvalue weighted by molar-refractivity contribution is 0.539. The van der Waals surface area contributed by atoms with Crippen molar-refractivity contribution in [2.45, 2.75) is 18.9 Å². The summed E-state index contributed by atoms with van der Waals surface area (Å²) in [4.78, 5) is 3.89. The molecule has 2 heterocycles. The molecule has 0 saturated carbocycles. The third-order valence-corrected chi connectivity index (χ3v) is 3.51. The molecule has 1 atom stereocenters. The van der Waals surface area contributed by atoms with Gasteiger partial charge in [0.1, 0.15) is 5.82 Å². The number of nitrogens with zero attached hydrogens (tertiary/aromatic N) is 1. The van der Waals surface area contributed by atoms with E-state index in [4.69, 9.17) is 0 Å². The highest BCUT2D eigenvalue weighted by molar-refractivity contribution is 7.07. The van der Waals surface area contributed by atoms with Crippen molar-refractivity contribution >= 4 is 11.3 Å². The molecule has 17 heavy (non-hydrogen) atoms. The summed E-state index contributed by atoms with van der Waals surface area (Å²) >= 11 is 1.70. The maximum Gasteiger partial charge on any atom is 0.141 e. The van der Waals surface area contributed by atoms with Crippen molar-refractivity contribution in [1.29, 1.82) is 0 Å². The molecular weight excluding hydrogens is 235 g/mol. The van der Waals surface area contributed by atoms with Gasteiger partial charge in [0.25, 0.3) is 0 Å². The van der Waals surface area contributed by atoms with Gasteiger partial charge in [-0.2, -0.15) is 11.3 Å². The predicted molar refractivity (Wildman–Crippen MR) is 68.6 cm³/mol. The predicted octanol–water partition coefficient (Wildman–Crippen LogP) is 3.18. The van der Waals surface area contributed by atoms with Gasteiger partial charge in [-0.15, -0.1) is 0 Å². The minimum atomic E-state index is -0.279. The third-order valence-electron chi connectivity index (χ3n) is 2.78. The van der Waals surface area contributed by atoms with E-state index in [1.54, 1.807) is 23.6 Å². The first kappa shape index (κ1) is 12.2. The molecule has 0 saturated heterocycles. The Kier molecular flexibility index (Phi) is 4.23. The van der Waals surface area contributed by atoms with Crippen LogP contribution in [0.1, 0.15) is 23.6 Å². The van der Waals surface area contributed by atoms with E-state index in [9.17, 15) is 4.39 Å². The van der Waals surface area contributed by atoms with Crippen molar-refractivity contribution < 1.29 is 4.39 Å². The number of rotatable bonds is 5. The summed E-state index contributed by atoms with van der Waals surface area (Å²) < 4.78 is 13.1. The number of thiophene rings is 1. The molecule has 0 aromatic carbocycles. The first-order chi connectivity index (χ1) is 8.29. The first-order valence-electron chi connectivity index (χ1n) is 5.58. The van der Waals surface area contributed by atoms with Crippen LogP contribution in [-0.2, 0) is 6.42 Å². The second-order valence-electron chi connectivity index (χ2n) is 3.95. The van der Waals surface area contributed by atoms with E-state index in [2.05, 4.69) is 27.1 Å². The topological polar surface area (TPSA) is 24.9 Å². The average molecular weight is 250 g/mol. The van der Waals surface area contributed by atoms with Crippen LogP contribution in [0, 0.1) is 5.82 Å². The molecule has 0 fully saturated rings. The Morgan fingerprint density at radius 2 is 2.35 bits per heavy atom. The highest BCUT2D eigenvalue weighted by Gasteiger charge is 2.10. The molecule has 0 aliphatic carbocycles. The number of aryl methyl sites for hydroxylation is 1. The largest absolute Gasteiger partial charge is 0.313 e. The van der Waals surface area contributed by atoms with Crippen LogP contribution in [-0.4, -0.2) is 12.0 Å². The quantitative estimate of drug-likeness (QED) is 0.881. The standard InChI is InChI=1S/C13H15FN2S/c1-15-13(3-2-10-4-5-17-9-10)11-6-12(14)8-16-7-11/h4-9,13,15H,2-3H2,1H3. The molecule has 1 unspecified atom stereocenters. The maximum absolute atomic E-state index is 13.1. The molecule has 0 bridgehead atoms. The Hall–Kier alpha value is -1.26. The Bertz CT molecular complexity index is 456. The zero-order valence-corrected chi connectivity index (χ0v) is 10.5. The molecule has 90 valence electrons.